The van der Waals surface area contributed by atoms with Crippen molar-refractivity contribution < 1.29 is 22.8 Å². The molecule has 6 nitrogen and oxygen atoms in total. The van der Waals surface area contributed by atoms with Gasteiger partial charge in [0.25, 0.3) is 17.4 Å². The number of nitrogens with zero attached hydrogens (tertiary/aromatic N) is 3. The molecule has 0 spiro atoms. The maximum atomic E-state index is 14.2. The molecule has 1 heterocycles. The summed E-state index contributed by atoms with van der Waals surface area (Å²) in [6, 6.07) is 6.07. The van der Waals surface area contributed by atoms with E-state index in [1.807, 2.05) is 6.92 Å². The third kappa shape index (κ3) is 5.29. The highest BCUT2D eigenvalue weighted by atomic mass is 35.5. The molecule has 0 radical (unpaired) electrons. The first kappa shape index (κ1) is 25.0. The maximum absolute atomic E-state index is 14.2. The minimum Gasteiger partial charge on any atom is -0.351 e. The second kappa shape index (κ2) is 9.67. The zero-order chi connectivity index (χ0) is 24.4. The van der Waals surface area contributed by atoms with Gasteiger partial charge >= 0.3 is 0 Å². The Morgan fingerprint density at radius 3 is 2.36 bits per heavy atom. The lowest BCUT2D eigenvalue weighted by Crippen LogP contribution is -2.60. The smallest absolute Gasteiger partial charge is 0.278 e. The van der Waals surface area contributed by atoms with E-state index in [0.717, 1.165) is 10.5 Å². The average molecular weight is 483 g/mol. The van der Waals surface area contributed by atoms with Crippen molar-refractivity contribution in [3.63, 3.8) is 0 Å². The van der Waals surface area contributed by atoms with Crippen LogP contribution in [-0.2, 0) is 15.1 Å². The highest BCUT2D eigenvalue weighted by molar-refractivity contribution is 6.32. The first-order valence-corrected chi connectivity index (χ1v) is 11.0. The van der Waals surface area contributed by atoms with Gasteiger partial charge in [-0.3, -0.25) is 14.5 Å². The van der Waals surface area contributed by atoms with Crippen LogP contribution in [0.4, 0.5) is 18.9 Å². The van der Waals surface area contributed by atoms with Crippen molar-refractivity contribution >= 4 is 29.1 Å². The van der Waals surface area contributed by atoms with Crippen molar-refractivity contribution in [1.82, 2.24) is 15.3 Å². The van der Waals surface area contributed by atoms with E-state index in [4.69, 9.17) is 11.6 Å². The van der Waals surface area contributed by atoms with Crippen LogP contribution >= 0.6 is 11.6 Å². The molecular weight excluding hydrogens is 457 g/mol. The van der Waals surface area contributed by atoms with Crippen LogP contribution in [0.15, 0.2) is 36.8 Å². The Morgan fingerprint density at radius 2 is 1.82 bits per heavy atom. The van der Waals surface area contributed by atoms with Gasteiger partial charge in [-0.2, -0.15) is 0 Å². The highest BCUT2D eigenvalue weighted by Gasteiger charge is 2.49. The van der Waals surface area contributed by atoms with Crippen molar-refractivity contribution in [2.45, 2.75) is 69.6 Å². The number of rotatable bonds is 6. The van der Waals surface area contributed by atoms with Crippen LogP contribution in [0, 0.1) is 13.8 Å². The van der Waals surface area contributed by atoms with Crippen LogP contribution in [0.25, 0.3) is 0 Å². The van der Waals surface area contributed by atoms with Gasteiger partial charge in [0.05, 0.1) is 0 Å². The van der Waals surface area contributed by atoms with Gasteiger partial charge in [0.15, 0.2) is 5.54 Å². The molecule has 1 aromatic heterocycles. The molecule has 1 aliphatic carbocycles. The van der Waals surface area contributed by atoms with E-state index in [1.54, 1.807) is 31.2 Å². The number of amides is 2. The summed E-state index contributed by atoms with van der Waals surface area (Å²) in [6.45, 7) is 4.92. The Kier molecular flexibility index (Phi) is 7.31. The largest absolute Gasteiger partial charge is 0.351 e. The molecule has 1 N–H and O–H groups in total. The number of hydrogen-bond acceptors (Lipinski definition) is 4. The molecule has 1 unspecified atom stereocenters. The molecular formula is C23H26ClF3N4O2. The summed E-state index contributed by atoms with van der Waals surface area (Å²) in [5.74, 6) is -4.57. The van der Waals surface area contributed by atoms with E-state index in [1.165, 1.54) is 19.4 Å². The van der Waals surface area contributed by atoms with Crippen molar-refractivity contribution in [2.75, 3.05) is 4.90 Å². The fourth-order valence-electron chi connectivity index (χ4n) is 4.12. The number of nitrogens with one attached hydrogen (secondary N) is 1. The molecule has 1 aliphatic rings. The Morgan fingerprint density at radius 1 is 1.21 bits per heavy atom. The lowest BCUT2D eigenvalue weighted by atomic mass is 9.86. The van der Waals surface area contributed by atoms with E-state index in [9.17, 15) is 22.8 Å². The number of hydrogen-bond donors (Lipinski definition) is 1. The first-order chi connectivity index (χ1) is 15.5. The highest BCUT2D eigenvalue weighted by Crippen LogP contribution is 2.38. The Bertz CT molecular complexity index is 1010. The van der Waals surface area contributed by atoms with Gasteiger partial charge in [-0.25, -0.2) is 23.1 Å². The molecule has 33 heavy (non-hydrogen) atoms. The molecule has 1 saturated carbocycles. The number of carbonyl (C=O) groups excluding carboxylic acids is 2. The SMILES string of the molecule is Cc1ccc(N(C(=O)[C@H](F)Cl)C(C)(C(=O)NC2CCC(F)(F)CC2)c2cncnc2C)cc1. The van der Waals surface area contributed by atoms with Gasteiger partial charge < -0.3 is 5.32 Å². The Balaban J connectivity index is 2.10. The van der Waals surface area contributed by atoms with Crippen molar-refractivity contribution in [1.29, 1.82) is 0 Å². The van der Waals surface area contributed by atoms with Gasteiger partial charge in [0, 0.05) is 42.0 Å². The van der Waals surface area contributed by atoms with E-state index < -0.39 is 34.9 Å². The maximum Gasteiger partial charge on any atom is 0.278 e. The minimum atomic E-state index is -2.77. The van der Waals surface area contributed by atoms with Gasteiger partial charge in [-0.1, -0.05) is 29.3 Å². The number of halogens is 4. The zero-order valence-corrected chi connectivity index (χ0v) is 19.4. The summed E-state index contributed by atoms with van der Waals surface area (Å²) in [7, 11) is 0. The van der Waals surface area contributed by atoms with Crippen LogP contribution in [0.3, 0.4) is 0 Å². The number of aromatic nitrogens is 2. The van der Waals surface area contributed by atoms with Gasteiger partial charge in [-0.05, 0) is 45.7 Å². The molecule has 178 valence electrons. The van der Waals surface area contributed by atoms with Crippen LogP contribution in [0.2, 0.25) is 0 Å². The number of benzene rings is 1. The topological polar surface area (TPSA) is 75.2 Å². The predicted octanol–water partition coefficient (Wildman–Crippen LogP) is 4.57. The van der Waals surface area contributed by atoms with Crippen molar-refractivity contribution in [3.05, 3.63) is 53.6 Å². The normalized spacial score (nSPS) is 18.8. The lowest BCUT2D eigenvalue weighted by Gasteiger charge is -2.42. The Hall–Kier alpha value is -2.68. The summed E-state index contributed by atoms with van der Waals surface area (Å²) in [6.07, 6.45) is 2.14. The second-order valence-electron chi connectivity index (χ2n) is 8.51. The lowest BCUT2D eigenvalue weighted by molar-refractivity contribution is -0.132. The molecule has 3 rings (SSSR count). The van der Waals surface area contributed by atoms with E-state index in [-0.39, 0.29) is 36.9 Å². The molecule has 1 aromatic carbocycles. The molecule has 2 atom stereocenters. The number of alkyl halides is 4. The third-order valence-corrected chi connectivity index (χ3v) is 6.26. The van der Waals surface area contributed by atoms with E-state index in [0.29, 0.717) is 5.69 Å². The van der Waals surface area contributed by atoms with Crippen molar-refractivity contribution in [3.8, 4) is 0 Å². The quantitative estimate of drug-likeness (QED) is 0.612. The summed E-state index contributed by atoms with van der Waals surface area (Å²) < 4.78 is 41.4. The second-order valence-corrected chi connectivity index (χ2v) is 8.89. The molecule has 1 fully saturated rings. The summed E-state index contributed by atoms with van der Waals surface area (Å²) >= 11 is 5.56. The molecule has 0 aliphatic heterocycles. The van der Waals surface area contributed by atoms with E-state index in [2.05, 4.69) is 15.3 Å². The molecule has 0 bridgehead atoms. The third-order valence-electron chi connectivity index (χ3n) is 6.08. The number of aryl methyl sites for hydroxylation is 2. The molecule has 2 amide bonds. The van der Waals surface area contributed by atoms with Crippen LogP contribution in [-0.4, -0.2) is 39.4 Å². The molecule has 2 aromatic rings. The van der Waals surface area contributed by atoms with E-state index >= 15 is 0 Å². The zero-order valence-electron chi connectivity index (χ0n) is 18.6. The monoisotopic (exact) mass is 482 g/mol. The fourth-order valence-corrected chi connectivity index (χ4v) is 4.22. The van der Waals surface area contributed by atoms with Gasteiger partial charge in [0.1, 0.15) is 6.33 Å². The predicted molar refractivity (Wildman–Crippen MR) is 119 cm³/mol. The Labute approximate surface area is 195 Å². The van der Waals surface area contributed by atoms with Crippen LogP contribution in [0.1, 0.15) is 49.4 Å². The fraction of sp³-hybridized carbons (Fsp3) is 0.478. The van der Waals surface area contributed by atoms with Crippen molar-refractivity contribution in [2.24, 2.45) is 0 Å². The molecule has 10 heteroatoms. The van der Waals surface area contributed by atoms with Gasteiger partial charge in [0.2, 0.25) is 5.92 Å². The first-order valence-electron chi connectivity index (χ1n) is 10.6. The standard InChI is InChI=1S/C23H26ClF3N4O2/c1-14-4-6-17(7-5-14)31(20(32)19(24)25)22(3,18-12-28-13-29-15(18)2)21(33)30-16-8-10-23(26,27)11-9-16/h4-7,12-13,16,19H,8-11H2,1-3H3,(H,30,33)/t19-,22?/m0/s1. The average Bonchev–Trinajstić information content (AvgIpc) is 2.76. The number of carbonyl (C=O) groups is 2. The van der Waals surface area contributed by atoms with Crippen LogP contribution < -0.4 is 10.2 Å². The summed E-state index contributed by atoms with van der Waals surface area (Å²) in [5, 5.41) is 2.79. The molecule has 0 saturated heterocycles. The number of anilines is 1. The summed E-state index contributed by atoms with van der Waals surface area (Å²) in [4.78, 5) is 35.9. The summed E-state index contributed by atoms with van der Waals surface area (Å²) in [5.41, 5.74) is -2.44. The minimum absolute atomic E-state index is 0.0822. The van der Waals surface area contributed by atoms with Crippen LogP contribution in [0.5, 0.6) is 0 Å². The van der Waals surface area contributed by atoms with Gasteiger partial charge in [-0.15, -0.1) is 0 Å².